The van der Waals surface area contributed by atoms with Crippen molar-refractivity contribution < 1.29 is 4.42 Å². The lowest BCUT2D eigenvalue weighted by atomic mass is 10.2. The van der Waals surface area contributed by atoms with E-state index in [9.17, 15) is 0 Å². The number of hydrogen-bond donors (Lipinski definition) is 0. The summed E-state index contributed by atoms with van der Waals surface area (Å²) in [5.74, 6) is 0.789. The first kappa shape index (κ1) is 18.4. The fraction of sp³-hybridized carbons (Fsp3) is 0.227. The van der Waals surface area contributed by atoms with Gasteiger partial charge in [0.1, 0.15) is 11.3 Å². The van der Waals surface area contributed by atoms with Gasteiger partial charge in [-0.3, -0.25) is 4.98 Å². The van der Waals surface area contributed by atoms with E-state index in [-0.39, 0.29) is 0 Å². The van der Waals surface area contributed by atoms with Crippen LogP contribution in [0.2, 0.25) is 0 Å². The van der Waals surface area contributed by atoms with Crippen LogP contribution in [0.4, 0.5) is 5.69 Å². The number of unbranched alkanes of at least 4 members (excludes halogenated alkanes) is 1. The molecule has 0 aliphatic rings. The first-order chi connectivity index (χ1) is 13.7. The topological polar surface area (TPSA) is 55.7 Å². The highest BCUT2D eigenvalue weighted by Gasteiger charge is 2.13. The van der Waals surface area contributed by atoms with Crippen LogP contribution in [0.25, 0.3) is 22.4 Å². The molecule has 0 atom stereocenters. The van der Waals surface area contributed by atoms with Crippen LogP contribution in [0.1, 0.15) is 33.1 Å². The van der Waals surface area contributed by atoms with Gasteiger partial charge in [0.25, 0.3) is 0 Å². The predicted octanol–water partition coefficient (Wildman–Crippen LogP) is 6.00. The molecule has 0 aliphatic heterocycles. The first-order valence-corrected chi connectivity index (χ1v) is 10.3. The fourth-order valence-electron chi connectivity index (χ4n) is 2.94. The Balaban J connectivity index is 1.85. The van der Waals surface area contributed by atoms with E-state index in [1.165, 1.54) is 0 Å². The van der Waals surface area contributed by atoms with Crippen molar-refractivity contribution in [3.05, 3.63) is 65.0 Å². The number of para-hydroxylation sites is 1. The normalized spacial score (nSPS) is 12.8. The van der Waals surface area contributed by atoms with Crippen molar-refractivity contribution in [2.24, 2.45) is 10.1 Å². The second kappa shape index (κ2) is 8.35. The summed E-state index contributed by atoms with van der Waals surface area (Å²) in [5.41, 5.74) is 3.65. The molecule has 0 aliphatic carbocycles. The van der Waals surface area contributed by atoms with Crippen LogP contribution in [0, 0.1) is 0 Å². The summed E-state index contributed by atoms with van der Waals surface area (Å²) in [6, 6.07) is 13.9. The highest BCUT2D eigenvalue weighted by Crippen LogP contribution is 2.28. The summed E-state index contributed by atoms with van der Waals surface area (Å²) in [4.78, 5) is 9.69. The van der Waals surface area contributed by atoms with Crippen molar-refractivity contribution >= 4 is 33.7 Å². The van der Waals surface area contributed by atoms with Gasteiger partial charge < -0.3 is 4.42 Å². The van der Waals surface area contributed by atoms with Gasteiger partial charge in [0.2, 0.25) is 4.80 Å². The van der Waals surface area contributed by atoms with E-state index in [2.05, 4.69) is 31.0 Å². The number of benzene rings is 1. The van der Waals surface area contributed by atoms with Crippen LogP contribution >= 0.6 is 11.3 Å². The molecule has 0 unspecified atom stereocenters. The summed E-state index contributed by atoms with van der Waals surface area (Å²) in [5, 5.41) is 7.99. The number of hydrogen-bond acceptors (Lipinski definition) is 5. The van der Waals surface area contributed by atoms with Crippen LogP contribution in [0.5, 0.6) is 0 Å². The number of nitrogens with zero attached hydrogens (tertiary/aromatic N) is 4. The van der Waals surface area contributed by atoms with E-state index in [4.69, 9.17) is 14.5 Å². The molecular formula is C22H22N4OS. The molecule has 4 aromatic rings. The maximum atomic E-state index is 6.08. The number of aromatic nitrogens is 2. The summed E-state index contributed by atoms with van der Waals surface area (Å²) < 4.78 is 7.97. The van der Waals surface area contributed by atoms with E-state index in [1.807, 2.05) is 40.4 Å². The molecule has 5 nitrogen and oxygen atoms in total. The Hall–Kier alpha value is -2.99. The van der Waals surface area contributed by atoms with Gasteiger partial charge in [-0.2, -0.15) is 5.10 Å². The Morgan fingerprint density at radius 2 is 2.11 bits per heavy atom. The van der Waals surface area contributed by atoms with Gasteiger partial charge in [-0.1, -0.05) is 31.5 Å². The van der Waals surface area contributed by atoms with Crippen molar-refractivity contribution in [1.29, 1.82) is 0 Å². The highest BCUT2D eigenvalue weighted by atomic mass is 32.1. The molecule has 0 saturated carbocycles. The number of rotatable bonds is 6. The SMILES string of the molecule is CCCCC(C)=Nn1c(-c2cc3ccccc3o2)csc1=Nc1cccnc1. The third kappa shape index (κ3) is 3.97. The predicted molar refractivity (Wildman–Crippen MR) is 115 cm³/mol. The van der Waals surface area contributed by atoms with E-state index in [1.54, 1.807) is 23.7 Å². The van der Waals surface area contributed by atoms with Crippen molar-refractivity contribution in [1.82, 2.24) is 9.66 Å². The van der Waals surface area contributed by atoms with E-state index in [0.29, 0.717) is 0 Å². The maximum Gasteiger partial charge on any atom is 0.211 e. The van der Waals surface area contributed by atoms with Gasteiger partial charge in [-0.15, -0.1) is 11.3 Å². The molecule has 3 aromatic heterocycles. The smallest absolute Gasteiger partial charge is 0.211 e. The van der Waals surface area contributed by atoms with Crippen LogP contribution in [-0.4, -0.2) is 15.4 Å². The monoisotopic (exact) mass is 390 g/mol. The standard InChI is InChI=1S/C22H22N4OS/c1-3-4-8-16(2)25-26-19(21-13-17-9-5-6-11-20(17)27-21)15-28-22(26)24-18-10-7-12-23-14-18/h5-7,9-15H,3-4,8H2,1-2H3. The summed E-state index contributed by atoms with van der Waals surface area (Å²) in [6.07, 6.45) is 6.72. The van der Waals surface area contributed by atoms with Gasteiger partial charge in [0.05, 0.1) is 11.9 Å². The molecule has 0 radical (unpaired) electrons. The zero-order valence-corrected chi connectivity index (χ0v) is 16.8. The second-order valence-corrected chi connectivity index (χ2v) is 7.46. The van der Waals surface area contributed by atoms with Gasteiger partial charge in [0.15, 0.2) is 5.76 Å². The molecule has 3 heterocycles. The Morgan fingerprint density at radius 3 is 2.89 bits per heavy atom. The Morgan fingerprint density at radius 1 is 1.21 bits per heavy atom. The van der Waals surface area contributed by atoms with Gasteiger partial charge >= 0.3 is 0 Å². The molecule has 1 aromatic carbocycles. The van der Waals surface area contributed by atoms with Crippen LogP contribution < -0.4 is 4.80 Å². The first-order valence-electron chi connectivity index (χ1n) is 9.43. The van der Waals surface area contributed by atoms with Crippen LogP contribution in [-0.2, 0) is 0 Å². The molecule has 142 valence electrons. The average molecular weight is 391 g/mol. The molecule has 0 saturated heterocycles. The highest BCUT2D eigenvalue weighted by molar-refractivity contribution is 7.07. The van der Waals surface area contributed by atoms with Crippen LogP contribution in [0.3, 0.4) is 0 Å². The van der Waals surface area contributed by atoms with Crippen molar-refractivity contribution in [3.8, 4) is 11.5 Å². The quantitative estimate of drug-likeness (QED) is 0.379. The molecule has 28 heavy (non-hydrogen) atoms. The lowest BCUT2D eigenvalue weighted by Gasteiger charge is -2.04. The Labute approximate surface area is 167 Å². The van der Waals surface area contributed by atoms with E-state index in [0.717, 1.165) is 57.9 Å². The molecule has 6 heteroatoms. The summed E-state index contributed by atoms with van der Waals surface area (Å²) in [7, 11) is 0. The molecule has 0 fully saturated rings. The molecular weight excluding hydrogens is 368 g/mol. The zero-order chi connectivity index (χ0) is 19.3. The van der Waals surface area contributed by atoms with Gasteiger partial charge in [-0.05, 0) is 44.0 Å². The molecule has 0 N–H and O–H groups in total. The second-order valence-electron chi connectivity index (χ2n) is 6.63. The Kier molecular flexibility index (Phi) is 5.48. The molecule has 4 rings (SSSR count). The zero-order valence-electron chi connectivity index (χ0n) is 16.0. The van der Waals surface area contributed by atoms with Gasteiger partial charge in [0, 0.05) is 22.7 Å². The number of fused-ring (bicyclic) bond motifs is 1. The van der Waals surface area contributed by atoms with E-state index >= 15 is 0 Å². The van der Waals surface area contributed by atoms with Crippen molar-refractivity contribution in [2.75, 3.05) is 0 Å². The average Bonchev–Trinajstić information content (AvgIpc) is 3.31. The van der Waals surface area contributed by atoms with Crippen molar-refractivity contribution in [2.45, 2.75) is 33.1 Å². The number of furan rings is 1. The summed E-state index contributed by atoms with van der Waals surface area (Å²) in [6.45, 7) is 4.25. The Bertz CT molecular complexity index is 1130. The summed E-state index contributed by atoms with van der Waals surface area (Å²) >= 11 is 1.54. The maximum absolute atomic E-state index is 6.08. The van der Waals surface area contributed by atoms with Crippen LogP contribution in [0.15, 0.2) is 74.7 Å². The molecule has 0 bridgehead atoms. The fourth-order valence-corrected chi connectivity index (χ4v) is 3.77. The molecule has 0 spiro atoms. The molecule has 0 amide bonds. The van der Waals surface area contributed by atoms with E-state index < -0.39 is 0 Å². The number of thiazole rings is 1. The largest absolute Gasteiger partial charge is 0.454 e. The minimum Gasteiger partial charge on any atom is -0.454 e. The van der Waals surface area contributed by atoms with Gasteiger partial charge in [-0.25, -0.2) is 9.67 Å². The lowest BCUT2D eigenvalue weighted by molar-refractivity contribution is 0.621. The minimum atomic E-state index is 0.789. The minimum absolute atomic E-state index is 0.789. The number of pyridine rings is 1. The third-order valence-corrected chi connectivity index (χ3v) is 5.21. The third-order valence-electron chi connectivity index (χ3n) is 4.40. The van der Waals surface area contributed by atoms with Crippen molar-refractivity contribution in [3.63, 3.8) is 0 Å². The lowest BCUT2D eigenvalue weighted by Crippen LogP contribution is -2.13.